The molecular formula is C24H20ClN3S. The predicted molar refractivity (Wildman–Crippen MR) is 122 cm³/mol. The Labute approximate surface area is 180 Å². The standard InChI is InChI=1S/C24H20ClN3S/c1-2-16-28-23(21-12-14-22(25)15-13-21)26-27-24(28)29-17-18-8-10-20(11-9-18)19-6-4-3-5-7-19/h2-15H,1,16-17H2. The second kappa shape index (κ2) is 9.12. The molecular weight excluding hydrogens is 398 g/mol. The topological polar surface area (TPSA) is 30.7 Å². The van der Waals surface area contributed by atoms with E-state index >= 15 is 0 Å². The smallest absolute Gasteiger partial charge is 0.192 e. The molecule has 0 aliphatic heterocycles. The summed E-state index contributed by atoms with van der Waals surface area (Å²) in [6.07, 6.45) is 1.86. The van der Waals surface area contributed by atoms with Gasteiger partial charge in [0, 0.05) is 22.9 Å². The van der Waals surface area contributed by atoms with Crippen LogP contribution in [0.4, 0.5) is 0 Å². The highest BCUT2D eigenvalue weighted by atomic mass is 35.5. The summed E-state index contributed by atoms with van der Waals surface area (Å²) >= 11 is 7.69. The van der Waals surface area contributed by atoms with E-state index in [0.717, 1.165) is 22.3 Å². The van der Waals surface area contributed by atoms with E-state index in [1.165, 1.54) is 16.7 Å². The van der Waals surface area contributed by atoms with Crippen LogP contribution in [-0.4, -0.2) is 14.8 Å². The average Bonchev–Trinajstić information content (AvgIpc) is 3.17. The van der Waals surface area contributed by atoms with Crippen LogP contribution in [-0.2, 0) is 12.3 Å². The van der Waals surface area contributed by atoms with Crippen LogP contribution < -0.4 is 0 Å². The second-order valence-corrected chi connectivity index (χ2v) is 7.94. The van der Waals surface area contributed by atoms with Crippen LogP contribution in [0.25, 0.3) is 22.5 Å². The van der Waals surface area contributed by atoms with E-state index in [0.29, 0.717) is 11.6 Å². The largest absolute Gasteiger partial charge is 0.298 e. The molecule has 0 N–H and O–H groups in total. The predicted octanol–water partition coefficient (Wildman–Crippen LogP) is 6.74. The average molecular weight is 418 g/mol. The number of thioether (sulfide) groups is 1. The van der Waals surface area contributed by atoms with Crippen molar-refractivity contribution >= 4 is 23.4 Å². The first-order chi connectivity index (χ1) is 14.2. The van der Waals surface area contributed by atoms with Crippen LogP contribution in [0.1, 0.15) is 5.56 Å². The highest BCUT2D eigenvalue weighted by Crippen LogP contribution is 2.28. The van der Waals surface area contributed by atoms with Crippen molar-refractivity contribution in [1.29, 1.82) is 0 Å². The number of rotatable bonds is 7. The van der Waals surface area contributed by atoms with Gasteiger partial charge in [-0.05, 0) is 41.0 Å². The Morgan fingerprint density at radius 2 is 1.48 bits per heavy atom. The minimum atomic E-state index is 0.653. The SMILES string of the molecule is C=CCn1c(SCc2ccc(-c3ccccc3)cc2)nnc1-c1ccc(Cl)cc1. The molecule has 0 spiro atoms. The third kappa shape index (κ3) is 4.61. The number of nitrogens with zero attached hydrogens (tertiary/aromatic N) is 3. The summed E-state index contributed by atoms with van der Waals surface area (Å²) in [6, 6.07) is 26.7. The second-order valence-electron chi connectivity index (χ2n) is 6.56. The Hall–Kier alpha value is -2.82. The summed E-state index contributed by atoms with van der Waals surface area (Å²) in [4.78, 5) is 0. The first kappa shape index (κ1) is 19.5. The molecule has 0 fully saturated rings. The van der Waals surface area contributed by atoms with Gasteiger partial charge in [-0.15, -0.1) is 16.8 Å². The summed E-state index contributed by atoms with van der Waals surface area (Å²) in [5.74, 6) is 1.65. The molecule has 144 valence electrons. The summed E-state index contributed by atoms with van der Waals surface area (Å²) in [5.41, 5.74) is 4.68. The van der Waals surface area contributed by atoms with Crippen molar-refractivity contribution in [3.63, 3.8) is 0 Å². The molecule has 1 aromatic heterocycles. The van der Waals surface area contributed by atoms with Crippen LogP contribution in [0, 0.1) is 0 Å². The third-order valence-corrected chi connectivity index (χ3v) is 5.85. The van der Waals surface area contributed by atoms with Gasteiger partial charge in [-0.2, -0.15) is 0 Å². The van der Waals surface area contributed by atoms with Gasteiger partial charge in [-0.3, -0.25) is 4.57 Å². The highest BCUT2D eigenvalue weighted by Gasteiger charge is 2.13. The van der Waals surface area contributed by atoms with Gasteiger partial charge in [0.15, 0.2) is 11.0 Å². The molecule has 1 heterocycles. The van der Waals surface area contributed by atoms with Crippen molar-refractivity contribution in [2.24, 2.45) is 0 Å². The molecule has 0 aliphatic rings. The van der Waals surface area contributed by atoms with Crippen LogP contribution in [0.3, 0.4) is 0 Å². The zero-order chi connectivity index (χ0) is 20.1. The monoisotopic (exact) mass is 417 g/mol. The van der Waals surface area contributed by atoms with Gasteiger partial charge < -0.3 is 0 Å². The zero-order valence-corrected chi connectivity index (χ0v) is 17.4. The normalized spacial score (nSPS) is 10.8. The molecule has 0 radical (unpaired) electrons. The summed E-state index contributed by atoms with van der Waals surface area (Å²) in [7, 11) is 0. The molecule has 0 saturated heterocycles. The van der Waals surface area contributed by atoms with Gasteiger partial charge in [0.25, 0.3) is 0 Å². The molecule has 0 atom stereocenters. The van der Waals surface area contributed by atoms with Crippen molar-refractivity contribution in [3.8, 4) is 22.5 Å². The Bertz CT molecular complexity index is 1090. The number of halogens is 1. The molecule has 0 aliphatic carbocycles. The van der Waals surface area contributed by atoms with Crippen LogP contribution in [0.5, 0.6) is 0 Å². The lowest BCUT2D eigenvalue weighted by Gasteiger charge is -2.08. The maximum Gasteiger partial charge on any atom is 0.192 e. The Balaban J connectivity index is 1.51. The number of aromatic nitrogens is 3. The molecule has 0 bridgehead atoms. The molecule has 0 saturated carbocycles. The van der Waals surface area contributed by atoms with Gasteiger partial charge in [-0.1, -0.05) is 84.0 Å². The quantitative estimate of drug-likeness (QED) is 0.246. The molecule has 5 heteroatoms. The molecule has 0 amide bonds. The summed E-state index contributed by atoms with van der Waals surface area (Å²) < 4.78 is 2.08. The minimum absolute atomic E-state index is 0.653. The summed E-state index contributed by atoms with van der Waals surface area (Å²) in [5, 5.41) is 10.4. The number of allylic oxidation sites excluding steroid dienone is 1. The first-order valence-corrected chi connectivity index (χ1v) is 10.7. The minimum Gasteiger partial charge on any atom is -0.298 e. The molecule has 4 aromatic rings. The van der Waals surface area contributed by atoms with Gasteiger partial charge in [0.05, 0.1) is 0 Å². The van der Waals surface area contributed by atoms with Crippen molar-refractivity contribution in [2.75, 3.05) is 0 Å². The maximum atomic E-state index is 6.01. The summed E-state index contributed by atoms with van der Waals surface area (Å²) in [6.45, 7) is 4.53. The van der Waals surface area contributed by atoms with Gasteiger partial charge in [-0.25, -0.2) is 0 Å². The number of hydrogen-bond donors (Lipinski definition) is 0. The van der Waals surface area contributed by atoms with Crippen LogP contribution in [0.2, 0.25) is 5.02 Å². The van der Waals surface area contributed by atoms with E-state index < -0.39 is 0 Å². The third-order valence-electron chi connectivity index (χ3n) is 4.56. The highest BCUT2D eigenvalue weighted by molar-refractivity contribution is 7.98. The molecule has 3 nitrogen and oxygen atoms in total. The lowest BCUT2D eigenvalue weighted by Crippen LogP contribution is -2.00. The first-order valence-electron chi connectivity index (χ1n) is 9.32. The molecule has 0 unspecified atom stereocenters. The number of hydrogen-bond acceptors (Lipinski definition) is 3. The fourth-order valence-electron chi connectivity index (χ4n) is 3.07. The van der Waals surface area contributed by atoms with Crippen molar-refractivity contribution in [3.05, 3.63) is 102 Å². The zero-order valence-electron chi connectivity index (χ0n) is 15.8. The van der Waals surface area contributed by atoms with Crippen molar-refractivity contribution in [1.82, 2.24) is 14.8 Å². The molecule has 29 heavy (non-hydrogen) atoms. The lowest BCUT2D eigenvalue weighted by atomic mass is 10.0. The van der Waals surface area contributed by atoms with Crippen molar-refractivity contribution in [2.45, 2.75) is 17.5 Å². The Morgan fingerprint density at radius 3 is 2.17 bits per heavy atom. The lowest BCUT2D eigenvalue weighted by molar-refractivity contribution is 0.731. The van der Waals surface area contributed by atoms with Crippen LogP contribution >= 0.6 is 23.4 Å². The Morgan fingerprint density at radius 1 is 0.828 bits per heavy atom. The van der Waals surface area contributed by atoms with Crippen LogP contribution in [0.15, 0.2) is 96.7 Å². The fourth-order valence-corrected chi connectivity index (χ4v) is 4.10. The van der Waals surface area contributed by atoms with Gasteiger partial charge in [0.2, 0.25) is 0 Å². The molecule has 3 aromatic carbocycles. The van der Waals surface area contributed by atoms with E-state index in [2.05, 4.69) is 69.9 Å². The molecule has 4 rings (SSSR count). The van der Waals surface area contributed by atoms with Gasteiger partial charge >= 0.3 is 0 Å². The number of benzene rings is 3. The van der Waals surface area contributed by atoms with E-state index in [-0.39, 0.29) is 0 Å². The maximum absolute atomic E-state index is 6.01. The van der Waals surface area contributed by atoms with E-state index in [1.54, 1.807) is 11.8 Å². The Kier molecular flexibility index (Phi) is 6.13. The van der Waals surface area contributed by atoms with Crippen molar-refractivity contribution < 1.29 is 0 Å². The van der Waals surface area contributed by atoms with E-state index in [9.17, 15) is 0 Å². The fraction of sp³-hybridized carbons (Fsp3) is 0.0833. The van der Waals surface area contributed by atoms with E-state index in [4.69, 9.17) is 11.6 Å². The van der Waals surface area contributed by atoms with Gasteiger partial charge in [0.1, 0.15) is 0 Å². The van der Waals surface area contributed by atoms with E-state index in [1.807, 2.05) is 36.4 Å².